The van der Waals surface area contributed by atoms with Crippen molar-refractivity contribution in [2.24, 2.45) is 46.3 Å². The monoisotopic (exact) mass is 614 g/mol. The highest BCUT2D eigenvalue weighted by atomic mass is 16.5. The van der Waals surface area contributed by atoms with E-state index >= 15 is 0 Å². The number of allylic oxidation sites excluding steroid dienone is 1. The van der Waals surface area contributed by atoms with E-state index in [1.807, 2.05) is 6.07 Å². The molecule has 242 valence electrons. The molecule has 0 radical (unpaired) electrons. The van der Waals surface area contributed by atoms with Crippen LogP contribution in [0.5, 0.6) is 0 Å². The van der Waals surface area contributed by atoms with Crippen molar-refractivity contribution < 1.29 is 9.53 Å². The maximum Gasteiger partial charge on any atom is 0.339 e. The summed E-state index contributed by atoms with van der Waals surface area (Å²) >= 11 is 0. The Balaban J connectivity index is 0.985. The largest absolute Gasteiger partial charge is 0.458 e. The van der Waals surface area contributed by atoms with Crippen LogP contribution in [0.3, 0.4) is 0 Å². The van der Waals surface area contributed by atoms with Crippen LogP contribution in [-0.4, -0.2) is 12.1 Å². The van der Waals surface area contributed by atoms with Crippen LogP contribution in [0.1, 0.15) is 116 Å². The molecule has 46 heavy (non-hydrogen) atoms. The number of fused-ring (bicyclic) bond motifs is 5. The molecule has 8 rings (SSSR count). The quantitative estimate of drug-likeness (QED) is 0.118. The third-order valence-corrected chi connectivity index (χ3v) is 14.3. The van der Waals surface area contributed by atoms with Gasteiger partial charge in [-0.05, 0) is 130 Å². The van der Waals surface area contributed by atoms with Gasteiger partial charge in [0, 0.05) is 6.42 Å². The van der Waals surface area contributed by atoms with Crippen molar-refractivity contribution in [3.8, 4) is 0 Å². The molecule has 0 aromatic heterocycles. The fourth-order valence-electron chi connectivity index (χ4n) is 11.9. The van der Waals surface area contributed by atoms with Crippen molar-refractivity contribution in [3.05, 3.63) is 71.8 Å². The maximum absolute atomic E-state index is 13.8. The SMILES string of the molecule is CC(C)CCC[C@@H](C)[C@H]1CC[C@@H]2[C@@H]3CC=C4C[C@H](OC(=O)c5ccc6ccc7cccc8ccc5c6c78)CC[C@]4(C)[C@H]3CC[C@@]21C. The fraction of sp³-hybridized carbons (Fsp3) is 0.568. The Kier molecular flexibility index (Phi) is 7.54. The number of ether oxygens (including phenoxy) is 1. The molecule has 3 fully saturated rings. The van der Waals surface area contributed by atoms with Gasteiger partial charge in [0.1, 0.15) is 6.10 Å². The second kappa shape index (κ2) is 11.4. The topological polar surface area (TPSA) is 26.3 Å². The summed E-state index contributed by atoms with van der Waals surface area (Å²) in [5, 5.41) is 7.08. The molecule has 4 aliphatic carbocycles. The zero-order valence-electron chi connectivity index (χ0n) is 28.9. The number of esters is 1. The fourth-order valence-corrected chi connectivity index (χ4v) is 11.9. The van der Waals surface area contributed by atoms with Gasteiger partial charge < -0.3 is 4.74 Å². The lowest BCUT2D eigenvalue weighted by molar-refractivity contribution is -0.0594. The maximum atomic E-state index is 13.8. The van der Waals surface area contributed by atoms with Crippen molar-refractivity contribution >= 4 is 38.3 Å². The van der Waals surface area contributed by atoms with Crippen molar-refractivity contribution in [1.29, 1.82) is 0 Å². The van der Waals surface area contributed by atoms with Gasteiger partial charge in [-0.2, -0.15) is 0 Å². The highest BCUT2D eigenvalue weighted by Gasteiger charge is 2.59. The van der Waals surface area contributed by atoms with Gasteiger partial charge in [-0.25, -0.2) is 4.79 Å². The first-order chi connectivity index (χ1) is 22.2. The third-order valence-electron chi connectivity index (χ3n) is 14.3. The molecule has 0 heterocycles. The lowest BCUT2D eigenvalue weighted by atomic mass is 9.47. The van der Waals surface area contributed by atoms with Gasteiger partial charge in [-0.1, -0.05) is 114 Å². The number of rotatable bonds is 7. The molecule has 3 saturated carbocycles. The molecule has 0 bridgehead atoms. The average molecular weight is 615 g/mol. The minimum Gasteiger partial charge on any atom is -0.458 e. The summed E-state index contributed by atoms with van der Waals surface area (Å²) in [7, 11) is 0. The Morgan fingerprint density at radius 2 is 1.57 bits per heavy atom. The van der Waals surface area contributed by atoms with Gasteiger partial charge in [-0.3, -0.25) is 0 Å². The molecule has 8 atom stereocenters. The van der Waals surface area contributed by atoms with Crippen LogP contribution >= 0.6 is 0 Å². The number of hydrogen-bond acceptors (Lipinski definition) is 2. The molecule has 0 unspecified atom stereocenters. The van der Waals surface area contributed by atoms with Crippen molar-refractivity contribution in [2.75, 3.05) is 0 Å². The molecular formula is C44H54O2. The summed E-state index contributed by atoms with van der Waals surface area (Å²) in [5.41, 5.74) is 3.08. The summed E-state index contributed by atoms with van der Waals surface area (Å²) in [6.45, 7) is 12.6. The van der Waals surface area contributed by atoms with E-state index < -0.39 is 0 Å². The van der Waals surface area contributed by atoms with Crippen LogP contribution in [-0.2, 0) is 4.74 Å². The van der Waals surface area contributed by atoms with Gasteiger partial charge in [0.05, 0.1) is 5.56 Å². The first kappa shape index (κ1) is 30.5. The highest BCUT2D eigenvalue weighted by Crippen LogP contribution is 2.67. The summed E-state index contributed by atoms with van der Waals surface area (Å²) in [5.74, 6) is 4.92. The van der Waals surface area contributed by atoms with Gasteiger partial charge in [-0.15, -0.1) is 0 Å². The second-order valence-electron chi connectivity index (χ2n) is 17.0. The van der Waals surface area contributed by atoms with Crippen LogP contribution in [0.2, 0.25) is 0 Å². The minimum atomic E-state index is -0.159. The molecule has 4 aromatic rings. The Hall–Kier alpha value is -2.87. The van der Waals surface area contributed by atoms with E-state index in [0.29, 0.717) is 11.0 Å². The van der Waals surface area contributed by atoms with Crippen LogP contribution in [0.25, 0.3) is 32.3 Å². The lowest BCUT2D eigenvalue weighted by Crippen LogP contribution is -2.51. The average Bonchev–Trinajstić information content (AvgIpc) is 3.41. The highest BCUT2D eigenvalue weighted by molar-refractivity contribution is 6.25. The number of benzene rings is 4. The Labute approximate surface area is 276 Å². The predicted molar refractivity (Wildman–Crippen MR) is 192 cm³/mol. The van der Waals surface area contributed by atoms with Crippen molar-refractivity contribution in [2.45, 2.75) is 111 Å². The molecule has 2 nitrogen and oxygen atoms in total. The predicted octanol–water partition coefficient (Wildman–Crippen LogP) is 12.2. The van der Waals surface area contributed by atoms with E-state index in [4.69, 9.17) is 4.74 Å². The molecule has 2 heteroatoms. The van der Waals surface area contributed by atoms with Crippen LogP contribution < -0.4 is 0 Å². The van der Waals surface area contributed by atoms with Gasteiger partial charge >= 0.3 is 5.97 Å². The van der Waals surface area contributed by atoms with E-state index in [9.17, 15) is 4.79 Å². The van der Waals surface area contributed by atoms with E-state index in [-0.39, 0.29) is 17.5 Å². The number of carbonyl (C=O) groups is 1. The van der Waals surface area contributed by atoms with E-state index in [1.165, 1.54) is 78.3 Å². The molecule has 0 N–H and O–H groups in total. The van der Waals surface area contributed by atoms with E-state index in [1.54, 1.807) is 5.57 Å². The van der Waals surface area contributed by atoms with Gasteiger partial charge in [0.2, 0.25) is 0 Å². The van der Waals surface area contributed by atoms with Gasteiger partial charge in [0.15, 0.2) is 0 Å². The standard InChI is InChI=1S/C44H54O2/c1-27(2)8-6-9-28(3)37-20-21-38-36-19-16-32-26-33(22-24-43(32,4)39(36)23-25-44(37,38)5)46-42(45)35-18-15-31-13-12-29-10-7-11-30-14-17-34(35)41(31)40(29)30/h7,10-18,27-28,33,36-39H,6,8-9,19-26H2,1-5H3/t28-,33-,36+,37-,38-,39+,43+,44-/m1/s1. The Morgan fingerprint density at radius 1 is 0.826 bits per heavy atom. The normalized spacial score (nSPS) is 33.2. The van der Waals surface area contributed by atoms with Crippen LogP contribution in [0.4, 0.5) is 0 Å². The smallest absolute Gasteiger partial charge is 0.339 e. The number of carbonyl (C=O) groups excluding carboxylic acids is 1. The Bertz CT molecular complexity index is 1780. The zero-order chi connectivity index (χ0) is 31.8. The third kappa shape index (κ3) is 4.75. The minimum absolute atomic E-state index is 0.0293. The Morgan fingerprint density at radius 3 is 2.35 bits per heavy atom. The summed E-state index contributed by atoms with van der Waals surface area (Å²) in [6.07, 6.45) is 16.7. The molecule has 0 aliphatic heterocycles. The molecule has 0 spiro atoms. The number of hydrogen-bond donors (Lipinski definition) is 0. The molecule has 0 saturated heterocycles. The van der Waals surface area contributed by atoms with Crippen molar-refractivity contribution in [3.63, 3.8) is 0 Å². The van der Waals surface area contributed by atoms with E-state index in [0.717, 1.165) is 60.2 Å². The molecular weight excluding hydrogens is 560 g/mol. The van der Waals surface area contributed by atoms with Gasteiger partial charge in [0.25, 0.3) is 0 Å². The summed E-state index contributed by atoms with van der Waals surface area (Å²) in [4.78, 5) is 13.8. The molecule has 4 aliphatic rings. The van der Waals surface area contributed by atoms with Crippen molar-refractivity contribution in [1.82, 2.24) is 0 Å². The summed E-state index contributed by atoms with van der Waals surface area (Å²) in [6, 6.07) is 19.2. The summed E-state index contributed by atoms with van der Waals surface area (Å²) < 4.78 is 6.39. The first-order valence-corrected chi connectivity index (χ1v) is 18.7. The van der Waals surface area contributed by atoms with Crippen LogP contribution in [0.15, 0.2) is 66.2 Å². The van der Waals surface area contributed by atoms with Crippen LogP contribution in [0, 0.1) is 46.3 Å². The zero-order valence-corrected chi connectivity index (χ0v) is 28.9. The van der Waals surface area contributed by atoms with E-state index in [2.05, 4.69) is 89.2 Å². The molecule has 4 aromatic carbocycles. The first-order valence-electron chi connectivity index (χ1n) is 18.7. The lowest BCUT2D eigenvalue weighted by Gasteiger charge is -2.58. The molecule has 0 amide bonds. The second-order valence-corrected chi connectivity index (χ2v) is 17.0.